The molecule has 2 N–H and O–H groups in total. The minimum absolute atomic E-state index is 0.0547. The smallest absolute Gasteiger partial charge is 0.271 e. The average Bonchev–Trinajstić information content (AvgIpc) is 2.68. The summed E-state index contributed by atoms with van der Waals surface area (Å²) < 4.78 is 13.0. The van der Waals surface area contributed by atoms with E-state index in [1.165, 1.54) is 24.3 Å². The second-order valence-electron chi connectivity index (χ2n) is 6.47. The zero-order chi connectivity index (χ0) is 21.0. The number of hydrogen-bond acceptors (Lipinski definition) is 4. The Morgan fingerprint density at radius 2 is 1.86 bits per heavy atom. The van der Waals surface area contributed by atoms with Crippen LogP contribution in [0.4, 0.5) is 15.8 Å². The number of carbonyl (C=O) groups excluding carboxylic acids is 3. The Balaban J connectivity index is 1.67. The van der Waals surface area contributed by atoms with Crippen molar-refractivity contribution in [2.24, 2.45) is 5.10 Å². The Morgan fingerprint density at radius 1 is 1.14 bits per heavy atom. The quantitative estimate of drug-likeness (QED) is 0.783. The van der Waals surface area contributed by atoms with Crippen LogP contribution < -0.4 is 10.6 Å². The maximum absolute atomic E-state index is 13.0. The van der Waals surface area contributed by atoms with E-state index in [0.717, 1.165) is 10.6 Å². The molecule has 3 amide bonds. The van der Waals surface area contributed by atoms with Gasteiger partial charge in [0.2, 0.25) is 11.8 Å². The zero-order valence-electron chi connectivity index (χ0n) is 15.5. The number of amides is 3. The molecule has 0 fully saturated rings. The van der Waals surface area contributed by atoms with E-state index < -0.39 is 17.6 Å². The van der Waals surface area contributed by atoms with Crippen molar-refractivity contribution in [3.63, 3.8) is 0 Å². The molecule has 0 radical (unpaired) electrons. The Bertz CT molecular complexity index is 992. The number of halogens is 2. The van der Waals surface area contributed by atoms with Gasteiger partial charge in [-0.2, -0.15) is 5.10 Å². The summed E-state index contributed by atoms with van der Waals surface area (Å²) in [6.07, 6.45) is 0.205. The molecule has 1 aliphatic rings. The summed E-state index contributed by atoms with van der Waals surface area (Å²) >= 11 is 5.94. The van der Waals surface area contributed by atoms with E-state index in [9.17, 15) is 18.8 Å². The van der Waals surface area contributed by atoms with Crippen LogP contribution in [0.1, 0.15) is 18.4 Å². The van der Waals surface area contributed by atoms with Gasteiger partial charge in [0.15, 0.2) is 0 Å². The first-order valence-corrected chi connectivity index (χ1v) is 9.20. The number of aryl methyl sites for hydroxylation is 1. The average molecular weight is 417 g/mol. The van der Waals surface area contributed by atoms with Gasteiger partial charge in [-0.05, 0) is 48.9 Å². The predicted octanol–water partition coefficient (Wildman–Crippen LogP) is 3.34. The molecule has 7 nitrogen and oxygen atoms in total. The van der Waals surface area contributed by atoms with E-state index in [1.54, 1.807) is 18.2 Å². The van der Waals surface area contributed by atoms with Crippen molar-refractivity contribution in [1.82, 2.24) is 5.01 Å². The summed E-state index contributed by atoms with van der Waals surface area (Å²) in [6.45, 7) is 1.48. The SMILES string of the molecule is Cc1ccc(Cl)cc1NC(=O)CN1N=C(C(=O)Nc2ccc(F)cc2)CCC1=O. The number of anilines is 2. The normalized spacial score (nSPS) is 13.7. The molecule has 0 aliphatic carbocycles. The van der Waals surface area contributed by atoms with Gasteiger partial charge in [-0.1, -0.05) is 17.7 Å². The van der Waals surface area contributed by atoms with Crippen LogP contribution in [0.3, 0.4) is 0 Å². The monoisotopic (exact) mass is 416 g/mol. The van der Waals surface area contributed by atoms with E-state index in [0.29, 0.717) is 16.4 Å². The number of hydrazone groups is 1. The fourth-order valence-electron chi connectivity index (χ4n) is 2.68. The lowest BCUT2D eigenvalue weighted by molar-refractivity contribution is -0.135. The van der Waals surface area contributed by atoms with Crippen molar-refractivity contribution < 1.29 is 18.8 Å². The fourth-order valence-corrected chi connectivity index (χ4v) is 2.85. The van der Waals surface area contributed by atoms with Gasteiger partial charge >= 0.3 is 0 Å². The summed E-state index contributed by atoms with van der Waals surface area (Å²) in [4.78, 5) is 36.8. The highest BCUT2D eigenvalue weighted by atomic mass is 35.5. The van der Waals surface area contributed by atoms with Crippen LogP contribution in [-0.4, -0.2) is 35.0 Å². The zero-order valence-corrected chi connectivity index (χ0v) is 16.3. The number of nitrogens with zero attached hydrogens (tertiary/aromatic N) is 2. The van der Waals surface area contributed by atoms with Crippen molar-refractivity contribution >= 4 is 46.4 Å². The molecule has 0 bridgehead atoms. The predicted molar refractivity (Wildman–Crippen MR) is 108 cm³/mol. The lowest BCUT2D eigenvalue weighted by Gasteiger charge is -2.23. The Morgan fingerprint density at radius 3 is 2.59 bits per heavy atom. The van der Waals surface area contributed by atoms with Gasteiger partial charge in [-0.25, -0.2) is 9.40 Å². The van der Waals surface area contributed by atoms with Crippen LogP contribution >= 0.6 is 11.6 Å². The van der Waals surface area contributed by atoms with E-state index in [1.807, 2.05) is 6.92 Å². The van der Waals surface area contributed by atoms with Crippen LogP contribution in [0.2, 0.25) is 5.02 Å². The molecule has 29 heavy (non-hydrogen) atoms. The van der Waals surface area contributed by atoms with Crippen molar-refractivity contribution in [2.75, 3.05) is 17.2 Å². The second kappa shape index (κ2) is 8.83. The third-order valence-electron chi connectivity index (χ3n) is 4.24. The number of benzene rings is 2. The molecule has 1 heterocycles. The number of hydrogen-bond donors (Lipinski definition) is 2. The van der Waals surface area contributed by atoms with Crippen molar-refractivity contribution in [1.29, 1.82) is 0 Å². The van der Waals surface area contributed by atoms with E-state index >= 15 is 0 Å². The first-order valence-electron chi connectivity index (χ1n) is 8.82. The van der Waals surface area contributed by atoms with Gasteiger partial charge in [-0.3, -0.25) is 14.4 Å². The van der Waals surface area contributed by atoms with Crippen LogP contribution in [0.5, 0.6) is 0 Å². The summed E-state index contributed by atoms with van der Waals surface area (Å²) in [5.41, 5.74) is 1.86. The maximum atomic E-state index is 13.0. The Hall–Kier alpha value is -3.26. The second-order valence-corrected chi connectivity index (χ2v) is 6.90. The van der Waals surface area contributed by atoms with Crippen LogP contribution in [0.15, 0.2) is 47.6 Å². The van der Waals surface area contributed by atoms with Crippen LogP contribution in [0, 0.1) is 12.7 Å². The molecule has 2 aromatic carbocycles. The summed E-state index contributed by atoms with van der Waals surface area (Å²) in [7, 11) is 0. The Kier molecular flexibility index (Phi) is 6.23. The highest BCUT2D eigenvalue weighted by Crippen LogP contribution is 2.20. The molecule has 0 unspecified atom stereocenters. The lowest BCUT2D eigenvalue weighted by Crippen LogP contribution is -2.40. The molecular weight excluding hydrogens is 399 g/mol. The van der Waals surface area contributed by atoms with Crippen LogP contribution in [0.25, 0.3) is 0 Å². The van der Waals surface area contributed by atoms with Gasteiger partial charge in [0.05, 0.1) is 0 Å². The molecule has 0 spiro atoms. The minimum Gasteiger partial charge on any atom is -0.324 e. The van der Waals surface area contributed by atoms with Gasteiger partial charge in [0.1, 0.15) is 18.1 Å². The molecule has 3 rings (SSSR count). The Labute approximate surface area is 171 Å². The van der Waals surface area contributed by atoms with Gasteiger partial charge in [0.25, 0.3) is 5.91 Å². The first kappa shape index (κ1) is 20.5. The summed E-state index contributed by atoms with van der Waals surface area (Å²) in [5.74, 6) is -1.76. The fraction of sp³-hybridized carbons (Fsp3) is 0.200. The number of rotatable bonds is 5. The van der Waals surface area contributed by atoms with Gasteiger partial charge in [0, 0.05) is 29.2 Å². The molecule has 1 aliphatic heterocycles. The molecule has 0 aromatic heterocycles. The minimum atomic E-state index is -0.514. The third-order valence-corrected chi connectivity index (χ3v) is 4.47. The standard InChI is InChI=1S/C20H18ClFN4O3/c1-12-2-3-13(21)10-17(12)24-18(27)11-26-19(28)9-8-16(25-26)20(29)23-15-6-4-14(22)5-7-15/h2-7,10H,8-9,11H2,1H3,(H,23,29)(H,24,27). The molecular formula is C20H18ClFN4O3. The van der Waals surface area contributed by atoms with Gasteiger partial charge < -0.3 is 10.6 Å². The summed E-state index contributed by atoms with van der Waals surface area (Å²) in [5, 5.41) is 10.7. The molecule has 0 saturated carbocycles. The molecule has 150 valence electrons. The molecule has 0 saturated heterocycles. The van der Waals surface area contributed by atoms with E-state index in [-0.39, 0.29) is 31.0 Å². The maximum Gasteiger partial charge on any atom is 0.271 e. The van der Waals surface area contributed by atoms with Crippen LogP contribution in [-0.2, 0) is 14.4 Å². The van der Waals surface area contributed by atoms with Crippen molar-refractivity contribution in [3.8, 4) is 0 Å². The molecule has 0 atom stereocenters. The largest absolute Gasteiger partial charge is 0.324 e. The highest BCUT2D eigenvalue weighted by Gasteiger charge is 2.26. The highest BCUT2D eigenvalue weighted by molar-refractivity contribution is 6.43. The topological polar surface area (TPSA) is 90.9 Å². The molecule has 2 aromatic rings. The number of nitrogens with one attached hydrogen (secondary N) is 2. The van der Waals surface area contributed by atoms with Crippen molar-refractivity contribution in [3.05, 3.63) is 58.9 Å². The third kappa shape index (κ3) is 5.39. The van der Waals surface area contributed by atoms with E-state index in [2.05, 4.69) is 15.7 Å². The summed E-state index contributed by atoms with van der Waals surface area (Å²) in [6, 6.07) is 10.3. The number of carbonyl (C=O) groups is 3. The lowest BCUT2D eigenvalue weighted by atomic mass is 10.1. The van der Waals surface area contributed by atoms with Gasteiger partial charge in [-0.15, -0.1) is 0 Å². The molecule has 9 heteroatoms. The van der Waals surface area contributed by atoms with Crippen molar-refractivity contribution in [2.45, 2.75) is 19.8 Å². The van der Waals surface area contributed by atoms with E-state index in [4.69, 9.17) is 11.6 Å². The first-order chi connectivity index (χ1) is 13.8.